The summed E-state index contributed by atoms with van der Waals surface area (Å²) in [5, 5.41) is 35.8. The van der Waals surface area contributed by atoms with E-state index in [1.54, 1.807) is 39.2 Å². The van der Waals surface area contributed by atoms with Crippen LogP contribution in [-0.2, 0) is 19.9 Å². The van der Waals surface area contributed by atoms with Gasteiger partial charge in [0.25, 0.3) is 5.91 Å². The molecule has 3 aromatic heterocycles. The van der Waals surface area contributed by atoms with E-state index in [9.17, 15) is 24.8 Å². The Morgan fingerprint density at radius 3 is 2.39 bits per heavy atom. The molecule has 4 aliphatic rings. The molecular weight excluding hydrogens is 823 g/mol. The molecule has 3 N–H and O–H groups in total. The standard InChI is InChI=1S/C47H54F2N10O5/c1-47(2,63)37-22-40-29(19-41(37)52-46(62)42-10-8-33-18-28(23-50)24-51-59(33)42)25-58(54-40)32-6-4-31(5-7-32)57-17-16-56(26-35(57)27-64-3)30-12-14-55(15-13-30)34-20-38(48)44(39(49)21-34)36-9-11-43(60)53-45(36)61/h8,10,18-22,24-25,30-32,35-36,63H,4-7,9,11-17,26-27H2,1-3H3,(H,52,62)(H,53,60,61)/t31?,32?,35-,36-/m1/s1. The van der Waals surface area contributed by atoms with Gasteiger partial charge in [-0.15, -0.1) is 0 Å². The quantitative estimate of drug-likeness (QED) is 0.149. The third-order valence-electron chi connectivity index (χ3n) is 13.9. The third-order valence-corrected chi connectivity index (χ3v) is 13.9. The van der Waals surface area contributed by atoms with Crippen LogP contribution < -0.4 is 15.5 Å². The number of nitrogens with zero attached hydrogens (tertiary/aromatic N) is 8. The van der Waals surface area contributed by atoms with Gasteiger partial charge >= 0.3 is 0 Å². The van der Waals surface area contributed by atoms with Crippen molar-refractivity contribution in [2.24, 2.45) is 0 Å². The van der Waals surface area contributed by atoms with Gasteiger partial charge in [0, 0.05) is 98.5 Å². The Balaban J connectivity index is 0.813. The lowest BCUT2D eigenvalue weighted by Gasteiger charge is -2.50. The predicted octanol–water partition coefficient (Wildman–Crippen LogP) is 5.62. The fraction of sp³-hybridized carbons (Fsp3) is 0.489. The van der Waals surface area contributed by atoms with Crippen LogP contribution in [0.25, 0.3) is 16.4 Å². The number of fused-ring (bicyclic) bond motifs is 2. The number of aromatic nitrogens is 4. The van der Waals surface area contributed by atoms with E-state index in [1.807, 2.05) is 27.9 Å². The molecule has 0 radical (unpaired) electrons. The summed E-state index contributed by atoms with van der Waals surface area (Å²) in [6.45, 7) is 8.05. The van der Waals surface area contributed by atoms with Gasteiger partial charge in [-0.1, -0.05) is 0 Å². The number of carbonyl (C=O) groups is 3. The number of hydrogen-bond donors (Lipinski definition) is 3. The van der Waals surface area contributed by atoms with Crippen molar-refractivity contribution in [2.75, 3.05) is 56.7 Å². The molecule has 9 rings (SSSR count). The van der Waals surface area contributed by atoms with Gasteiger partial charge in [-0.25, -0.2) is 13.3 Å². The van der Waals surface area contributed by atoms with Crippen LogP contribution in [0.5, 0.6) is 0 Å². The summed E-state index contributed by atoms with van der Waals surface area (Å²) in [5.41, 5.74) is 2.01. The fourth-order valence-electron chi connectivity index (χ4n) is 10.6. The summed E-state index contributed by atoms with van der Waals surface area (Å²) in [6, 6.07) is 14.7. The first-order valence-corrected chi connectivity index (χ1v) is 22.3. The van der Waals surface area contributed by atoms with Gasteiger partial charge in [0.1, 0.15) is 23.4 Å². The predicted molar refractivity (Wildman–Crippen MR) is 235 cm³/mol. The largest absolute Gasteiger partial charge is 0.386 e. The van der Waals surface area contributed by atoms with Crippen LogP contribution in [0.15, 0.2) is 54.9 Å². The molecule has 4 fully saturated rings. The molecule has 6 heterocycles. The van der Waals surface area contributed by atoms with Crippen molar-refractivity contribution in [3.63, 3.8) is 0 Å². The Kier molecular flexibility index (Phi) is 12.0. The molecule has 2 atom stereocenters. The first kappa shape index (κ1) is 43.5. The van der Waals surface area contributed by atoms with Crippen molar-refractivity contribution in [1.29, 1.82) is 5.26 Å². The number of piperidine rings is 2. The topological polar surface area (TPSA) is 173 Å². The van der Waals surface area contributed by atoms with Crippen molar-refractivity contribution in [3.05, 3.63) is 88.9 Å². The molecule has 64 heavy (non-hydrogen) atoms. The summed E-state index contributed by atoms with van der Waals surface area (Å²) in [6.07, 6.45) is 9.25. The number of nitriles is 1. The Morgan fingerprint density at radius 1 is 0.969 bits per heavy atom. The van der Waals surface area contributed by atoms with Gasteiger partial charge in [0.2, 0.25) is 11.8 Å². The van der Waals surface area contributed by atoms with Gasteiger partial charge in [0.15, 0.2) is 0 Å². The zero-order chi connectivity index (χ0) is 44.9. The second kappa shape index (κ2) is 17.6. The van der Waals surface area contributed by atoms with Crippen molar-refractivity contribution >= 4 is 45.5 Å². The number of anilines is 2. The number of methoxy groups -OCH3 is 1. The Morgan fingerprint density at radius 2 is 1.70 bits per heavy atom. The molecule has 17 heteroatoms. The number of piperazine rings is 1. The minimum absolute atomic E-state index is 0.0519. The van der Waals surface area contributed by atoms with E-state index in [0.29, 0.717) is 65.5 Å². The molecule has 0 spiro atoms. The lowest BCUT2D eigenvalue weighted by Crippen LogP contribution is -2.61. The smallest absolute Gasteiger partial charge is 0.274 e. The van der Waals surface area contributed by atoms with E-state index >= 15 is 8.78 Å². The van der Waals surface area contributed by atoms with E-state index in [1.165, 1.54) is 22.8 Å². The molecular formula is C47H54F2N10O5. The minimum Gasteiger partial charge on any atom is -0.386 e. The number of benzene rings is 2. The first-order chi connectivity index (χ1) is 30.8. The maximum atomic E-state index is 15.3. The molecule has 0 unspecified atom stereocenters. The van der Waals surface area contributed by atoms with Gasteiger partial charge in [0.05, 0.1) is 47.0 Å². The maximum absolute atomic E-state index is 15.3. The van der Waals surface area contributed by atoms with Crippen LogP contribution in [0.1, 0.15) is 104 Å². The number of rotatable bonds is 10. The van der Waals surface area contributed by atoms with Crippen molar-refractivity contribution < 1.29 is 33.0 Å². The number of amides is 3. The first-order valence-electron chi connectivity index (χ1n) is 22.3. The highest BCUT2D eigenvalue weighted by Crippen LogP contribution is 2.38. The fourth-order valence-corrected chi connectivity index (χ4v) is 10.6. The molecule has 3 aliphatic heterocycles. The van der Waals surface area contributed by atoms with Crippen LogP contribution in [0.3, 0.4) is 0 Å². The number of ether oxygens (including phenoxy) is 1. The molecule has 336 valence electrons. The number of hydrogen-bond acceptors (Lipinski definition) is 11. The summed E-state index contributed by atoms with van der Waals surface area (Å²) in [5.74, 6) is -4.01. The highest BCUT2D eigenvalue weighted by atomic mass is 19.1. The zero-order valence-electron chi connectivity index (χ0n) is 36.4. The lowest BCUT2D eigenvalue weighted by atomic mass is 9.88. The molecule has 0 bridgehead atoms. The van der Waals surface area contributed by atoms with Crippen LogP contribution in [0, 0.1) is 23.0 Å². The van der Waals surface area contributed by atoms with E-state index < -0.39 is 40.9 Å². The second-order valence-electron chi connectivity index (χ2n) is 18.3. The lowest BCUT2D eigenvalue weighted by molar-refractivity contribution is -0.134. The summed E-state index contributed by atoms with van der Waals surface area (Å²) in [4.78, 5) is 44.7. The minimum atomic E-state index is -1.27. The average molecular weight is 877 g/mol. The van der Waals surface area contributed by atoms with Gasteiger partial charge < -0.3 is 20.1 Å². The molecule has 3 saturated heterocycles. The average Bonchev–Trinajstić information content (AvgIpc) is 3.90. The molecule has 1 aliphatic carbocycles. The number of imide groups is 1. The number of carbonyl (C=O) groups excluding carboxylic acids is 3. The van der Waals surface area contributed by atoms with E-state index in [2.05, 4.69) is 31.6 Å². The molecule has 2 aromatic carbocycles. The van der Waals surface area contributed by atoms with Crippen LogP contribution in [-0.4, -0.2) is 117 Å². The van der Waals surface area contributed by atoms with Crippen LogP contribution in [0.4, 0.5) is 20.2 Å². The Labute approximate surface area is 369 Å². The van der Waals surface area contributed by atoms with Gasteiger partial charge in [-0.05, 0) is 101 Å². The van der Waals surface area contributed by atoms with Crippen molar-refractivity contribution in [2.45, 2.75) is 101 Å². The summed E-state index contributed by atoms with van der Waals surface area (Å²) >= 11 is 0. The number of aliphatic hydroxyl groups is 1. The summed E-state index contributed by atoms with van der Waals surface area (Å²) in [7, 11) is 1.75. The SMILES string of the molecule is COC[C@H]1CN(C2CCN(c3cc(F)c([C@H]4CCC(=O)NC4=O)c(F)c3)CC2)CCN1C1CCC(n2cc3cc(NC(=O)c4ccc5cc(C#N)cnn45)c(C(C)(C)O)cc3n2)CC1. The highest BCUT2D eigenvalue weighted by molar-refractivity contribution is 6.05. The van der Waals surface area contributed by atoms with Gasteiger partial charge in [-0.3, -0.25) is 34.2 Å². The van der Waals surface area contributed by atoms with Crippen LogP contribution >= 0.6 is 0 Å². The normalized spacial score (nSPS) is 23.1. The van der Waals surface area contributed by atoms with Crippen molar-refractivity contribution in [1.82, 2.24) is 34.5 Å². The van der Waals surface area contributed by atoms with E-state index in [-0.39, 0.29) is 30.5 Å². The third kappa shape index (κ3) is 8.59. The van der Waals surface area contributed by atoms with Gasteiger partial charge in [-0.2, -0.15) is 15.5 Å². The molecule has 15 nitrogen and oxygen atoms in total. The molecule has 1 saturated carbocycles. The highest BCUT2D eigenvalue weighted by Gasteiger charge is 2.38. The molecule has 5 aromatic rings. The van der Waals surface area contributed by atoms with Crippen molar-refractivity contribution in [3.8, 4) is 6.07 Å². The maximum Gasteiger partial charge on any atom is 0.274 e. The molecule has 3 amide bonds. The monoisotopic (exact) mass is 876 g/mol. The van der Waals surface area contributed by atoms with Crippen LogP contribution in [0.2, 0.25) is 0 Å². The number of halogens is 2. The summed E-state index contributed by atoms with van der Waals surface area (Å²) < 4.78 is 40.0. The second-order valence-corrected chi connectivity index (χ2v) is 18.3. The number of nitrogens with one attached hydrogen (secondary N) is 2. The van der Waals surface area contributed by atoms with E-state index in [0.717, 1.165) is 69.1 Å². The Bertz CT molecular complexity index is 2610. The Hall–Kier alpha value is -5.80. The zero-order valence-corrected chi connectivity index (χ0v) is 36.4. The van der Waals surface area contributed by atoms with E-state index in [4.69, 9.17) is 9.84 Å².